The van der Waals surface area contributed by atoms with Crippen LogP contribution in [0.25, 0.3) is 10.8 Å². The van der Waals surface area contributed by atoms with Crippen LogP contribution in [0.1, 0.15) is 51.4 Å². The fourth-order valence-electron chi connectivity index (χ4n) is 7.16. The van der Waals surface area contributed by atoms with Gasteiger partial charge < -0.3 is 4.90 Å². The van der Waals surface area contributed by atoms with Gasteiger partial charge in [-0.2, -0.15) is 4.31 Å². The first-order valence-electron chi connectivity index (χ1n) is 15.0. The van der Waals surface area contributed by atoms with E-state index in [1.807, 2.05) is 42.7 Å². The molecule has 1 atom stereocenters. The lowest BCUT2D eigenvalue weighted by Crippen LogP contribution is -2.48. The molecule has 3 saturated heterocycles. The first-order chi connectivity index (χ1) is 20.2. The van der Waals surface area contributed by atoms with Crippen molar-refractivity contribution >= 4 is 48.1 Å². The van der Waals surface area contributed by atoms with Crippen LogP contribution in [0.5, 0.6) is 0 Å². The third kappa shape index (κ3) is 5.93. The molecule has 8 nitrogen and oxygen atoms in total. The van der Waals surface area contributed by atoms with Crippen LogP contribution in [0.3, 0.4) is 0 Å². The Morgan fingerprint density at radius 3 is 2.21 bits per heavy atom. The summed E-state index contributed by atoms with van der Waals surface area (Å²) in [6.45, 7) is 3.58. The van der Waals surface area contributed by atoms with Gasteiger partial charge >= 0.3 is 0 Å². The molecule has 42 heavy (non-hydrogen) atoms. The predicted molar refractivity (Wildman–Crippen MR) is 168 cm³/mol. The molecule has 3 aromatic rings. The molecule has 3 aliphatic rings. The third-order valence-corrected chi connectivity index (χ3v) is 14.0. The minimum atomic E-state index is -3.75. The minimum Gasteiger partial charge on any atom is -0.371 e. The fraction of sp³-hybridized carbons (Fsp3) is 0.516. The topological polar surface area (TPSA) is 90.9 Å². The summed E-state index contributed by atoms with van der Waals surface area (Å²) in [5.41, 5.74) is 1.43. The highest BCUT2D eigenvalue weighted by atomic mass is 35.5. The summed E-state index contributed by atoms with van der Waals surface area (Å²) in [6.07, 6.45) is 10.1. The van der Waals surface area contributed by atoms with Crippen molar-refractivity contribution in [3.63, 3.8) is 0 Å². The van der Waals surface area contributed by atoms with Crippen molar-refractivity contribution in [2.24, 2.45) is 5.41 Å². The Morgan fingerprint density at radius 1 is 0.833 bits per heavy atom. The normalized spacial score (nSPS) is 22.2. The van der Waals surface area contributed by atoms with E-state index in [0.717, 1.165) is 51.6 Å². The zero-order valence-electron chi connectivity index (χ0n) is 23.9. The quantitative estimate of drug-likeness (QED) is 0.325. The predicted octanol–water partition coefficient (Wildman–Crippen LogP) is 5.53. The van der Waals surface area contributed by atoms with E-state index in [4.69, 9.17) is 11.6 Å². The van der Waals surface area contributed by atoms with Crippen molar-refractivity contribution in [1.29, 1.82) is 0 Å². The Bertz CT molecular complexity index is 1620. The van der Waals surface area contributed by atoms with Crippen molar-refractivity contribution in [3.8, 4) is 0 Å². The van der Waals surface area contributed by atoms with Crippen molar-refractivity contribution in [2.75, 3.05) is 43.4 Å². The van der Waals surface area contributed by atoms with E-state index >= 15 is 0 Å². The number of benzene rings is 2. The van der Waals surface area contributed by atoms with E-state index in [1.165, 1.54) is 5.69 Å². The Hall–Kier alpha value is -2.24. The summed E-state index contributed by atoms with van der Waals surface area (Å²) >= 11 is 6.34. The molecular weight excluding hydrogens is 592 g/mol. The van der Waals surface area contributed by atoms with E-state index in [-0.39, 0.29) is 22.1 Å². The molecule has 0 saturated carbocycles. The van der Waals surface area contributed by atoms with Crippen LogP contribution in [0.2, 0.25) is 5.02 Å². The monoisotopic (exact) mass is 630 g/mol. The number of fused-ring (bicyclic) bond motifs is 1. The average Bonchev–Trinajstić information content (AvgIpc) is 3.48. The van der Waals surface area contributed by atoms with E-state index in [2.05, 4.69) is 9.88 Å². The van der Waals surface area contributed by atoms with Gasteiger partial charge in [-0.05, 0) is 81.0 Å². The molecule has 3 aliphatic heterocycles. The van der Waals surface area contributed by atoms with E-state index in [9.17, 15) is 16.8 Å². The molecule has 0 radical (unpaired) electrons. The van der Waals surface area contributed by atoms with Crippen molar-refractivity contribution in [3.05, 3.63) is 65.9 Å². The molecule has 0 aliphatic carbocycles. The molecule has 0 N–H and O–H groups in total. The van der Waals surface area contributed by atoms with Gasteiger partial charge in [-0.3, -0.25) is 4.98 Å². The van der Waals surface area contributed by atoms with E-state index in [0.29, 0.717) is 48.3 Å². The van der Waals surface area contributed by atoms with Crippen LogP contribution in [-0.2, 0) is 20.0 Å². The second kappa shape index (κ2) is 12.0. The van der Waals surface area contributed by atoms with E-state index in [1.54, 1.807) is 26.8 Å². The van der Waals surface area contributed by atoms with Crippen LogP contribution >= 0.6 is 11.6 Å². The number of rotatable bonds is 8. The number of aromatic nitrogens is 1. The fourth-order valence-corrected chi connectivity index (χ4v) is 10.8. The molecular formula is C31H39ClN4O4S2. The SMILES string of the molecule is O=S(=O)(CCC[C@@H]1CCCN1S(=O)(=O)c1ccc(Cl)c2ccccc12)N1CCC2(CCN(c3ccncc3)CC2)CC1. The molecule has 2 aromatic carbocycles. The largest absolute Gasteiger partial charge is 0.371 e. The summed E-state index contributed by atoms with van der Waals surface area (Å²) in [7, 11) is -7.14. The number of anilines is 1. The lowest BCUT2D eigenvalue weighted by molar-refractivity contribution is 0.119. The highest BCUT2D eigenvalue weighted by Gasteiger charge is 2.41. The van der Waals surface area contributed by atoms with Crippen LogP contribution in [0, 0.1) is 5.41 Å². The molecule has 4 heterocycles. The molecule has 226 valence electrons. The van der Waals surface area contributed by atoms with Gasteiger partial charge in [0.25, 0.3) is 0 Å². The smallest absolute Gasteiger partial charge is 0.243 e. The second-order valence-electron chi connectivity index (χ2n) is 12.1. The van der Waals surface area contributed by atoms with Crippen molar-refractivity contribution < 1.29 is 16.8 Å². The van der Waals surface area contributed by atoms with Gasteiger partial charge in [-0.25, -0.2) is 21.1 Å². The molecule has 1 spiro atoms. The number of pyridine rings is 1. The molecule has 0 unspecified atom stereocenters. The van der Waals surface area contributed by atoms with Gasteiger partial charge in [0.05, 0.1) is 10.6 Å². The number of hydrogen-bond acceptors (Lipinski definition) is 6. The standard InChI is InChI=1S/C31H39ClN4O4S2/c32-29-9-10-30(28-8-2-1-7-27(28)29)42(39,40)36-19-3-5-26(36)6-4-24-41(37,38)35-22-15-31(16-23-35)13-20-34(21-14-31)25-11-17-33-18-12-25/h1-2,7-12,17-18,26H,3-6,13-16,19-24H2/t26-/m0/s1. The van der Waals surface area contributed by atoms with Gasteiger partial charge in [0.1, 0.15) is 0 Å². The van der Waals surface area contributed by atoms with Gasteiger partial charge in [-0.1, -0.05) is 35.9 Å². The van der Waals surface area contributed by atoms with Crippen molar-refractivity contribution in [2.45, 2.75) is 62.3 Å². The first kappa shape index (κ1) is 29.8. The summed E-state index contributed by atoms with van der Waals surface area (Å²) in [5, 5.41) is 1.85. The second-order valence-corrected chi connectivity index (χ2v) is 16.4. The van der Waals surface area contributed by atoms with Gasteiger partial charge in [0, 0.05) is 72.6 Å². The van der Waals surface area contributed by atoms with Crippen LogP contribution in [-0.4, -0.2) is 74.9 Å². The number of sulfonamides is 2. The van der Waals surface area contributed by atoms with Gasteiger partial charge in [0.2, 0.25) is 20.0 Å². The van der Waals surface area contributed by atoms with Crippen LogP contribution < -0.4 is 4.90 Å². The molecule has 1 aromatic heterocycles. The molecule has 0 amide bonds. The van der Waals surface area contributed by atoms with Gasteiger partial charge in [0.15, 0.2) is 0 Å². The highest BCUT2D eigenvalue weighted by Crippen LogP contribution is 2.43. The van der Waals surface area contributed by atoms with E-state index < -0.39 is 20.0 Å². The maximum Gasteiger partial charge on any atom is 0.243 e. The molecule has 0 bridgehead atoms. The van der Waals surface area contributed by atoms with Gasteiger partial charge in [-0.15, -0.1) is 0 Å². The zero-order valence-corrected chi connectivity index (χ0v) is 26.3. The van der Waals surface area contributed by atoms with Crippen LogP contribution in [0.15, 0.2) is 65.8 Å². The lowest BCUT2D eigenvalue weighted by atomic mass is 9.71. The Labute approximate surface area is 254 Å². The maximum atomic E-state index is 13.8. The first-order valence-corrected chi connectivity index (χ1v) is 18.4. The number of nitrogens with zero attached hydrogens (tertiary/aromatic N) is 4. The zero-order chi connectivity index (χ0) is 29.4. The Kier molecular flexibility index (Phi) is 8.54. The summed E-state index contributed by atoms with van der Waals surface area (Å²) in [4.78, 5) is 6.78. The summed E-state index contributed by atoms with van der Waals surface area (Å²) < 4.78 is 57.4. The molecule has 3 fully saturated rings. The number of halogens is 1. The van der Waals surface area contributed by atoms with Crippen LogP contribution in [0.4, 0.5) is 5.69 Å². The minimum absolute atomic E-state index is 0.0596. The number of hydrogen-bond donors (Lipinski definition) is 0. The third-order valence-electron chi connectivity index (χ3n) is 9.71. The highest BCUT2D eigenvalue weighted by molar-refractivity contribution is 7.89. The summed E-state index contributed by atoms with van der Waals surface area (Å²) in [6, 6.07) is 14.4. The number of piperidine rings is 2. The maximum absolute atomic E-state index is 13.8. The Balaban J connectivity index is 1.03. The Morgan fingerprint density at radius 2 is 1.50 bits per heavy atom. The average molecular weight is 631 g/mol. The van der Waals surface area contributed by atoms with Crippen molar-refractivity contribution in [1.82, 2.24) is 13.6 Å². The molecule has 11 heteroatoms. The summed E-state index contributed by atoms with van der Waals surface area (Å²) in [5.74, 6) is 0.0596. The lowest BCUT2D eigenvalue weighted by Gasteiger charge is -2.47. The molecule has 6 rings (SSSR count).